The molecule has 2 rings (SSSR count). The van der Waals surface area contributed by atoms with Crippen molar-refractivity contribution in [2.75, 3.05) is 5.75 Å². The predicted molar refractivity (Wildman–Crippen MR) is 75.6 cm³/mol. The van der Waals surface area contributed by atoms with Gasteiger partial charge in [0.15, 0.2) is 5.58 Å². The highest BCUT2D eigenvalue weighted by atomic mass is 35.5. The highest BCUT2D eigenvalue weighted by molar-refractivity contribution is 7.99. The molecule has 0 saturated heterocycles. The monoisotopic (exact) mass is 299 g/mol. The van der Waals surface area contributed by atoms with Crippen molar-refractivity contribution in [3.63, 3.8) is 0 Å². The average Bonchev–Trinajstić information content (AvgIpc) is 2.66. The molecule has 6 heteroatoms. The summed E-state index contributed by atoms with van der Waals surface area (Å²) in [5.41, 5.74) is 0.849. The highest BCUT2D eigenvalue weighted by Gasteiger charge is 2.17. The molecule has 0 aliphatic heterocycles. The van der Waals surface area contributed by atoms with E-state index in [4.69, 9.17) is 20.8 Å². The molecule has 0 fully saturated rings. The van der Waals surface area contributed by atoms with Crippen molar-refractivity contribution < 1.29 is 13.9 Å². The number of ether oxygens (including phenoxy) is 1. The largest absolute Gasteiger partial charge is 0.459 e. The van der Waals surface area contributed by atoms with Crippen LogP contribution in [0.3, 0.4) is 0 Å². The summed E-state index contributed by atoms with van der Waals surface area (Å²) in [6.45, 7) is 5.49. The van der Waals surface area contributed by atoms with E-state index in [0.29, 0.717) is 21.3 Å². The van der Waals surface area contributed by atoms with Gasteiger partial charge in [0.05, 0.1) is 0 Å². The van der Waals surface area contributed by atoms with E-state index in [2.05, 4.69) is 4.98 Å². The summed E-state index contributed by atoms with van der Waals surface area (Å²) < 4.78 is 10.7. The lowest BCUT2D eigenvalue weighted by atomic mass is 10.2. The molecular weight excluding hydrogens is 286 g/mol. The van der Waals surface area contributed by atoms with Crippen molar-refractivity contribution in [1.82, 2.24) is 4.98 Å². The Morgan fingerprint density at radius 2 is 2.21 bits per heavy atom. The number of thioether (sulfide) groups is 1. The van der Waals surface area contributed by atoms with Crippen LogP contribution in [0.5, 0.6) is 0 Å². The van der Waals surface area contributed by atoms with E-state index in [-0.39, 0.29) is 11.7 Å². The average molecular weight is 300 g/mol. The lowest BCUT2D eigenvalue weighted by molar-refractivity contribution is -0.151. The van der Waals surface area contributed by atoms with Crippen LogP contribution < -0.4 is 0 Å². The highest BCUT2D eigenvalue weighted by Crippen LogP contribution is 2.25. The maximum atomic E-state index is 11.6. The van der Waals surface area contributed by atoms with Crippen LogP contribution in [0.1, 0.15) is 20.8 Å². The van der Waals surface area contributed by atoms with E-state index in [9.17, 15) is 4.79 Å². The van der Waals surface area contributed by atoms with Crippen LogP contribution in [0, 0.1) is 0 Å². The van der Waals surface area contributed by atoms with Crippen LogP contribution >= 0.6 is 23.4 Å². The Kier molecular flexibility index (Phi) is 4.06. The zero-order valence-electron chi connectivity index (χ0n) is 10.9. The second-order valence-electron chi connectivity index (χ2n) is 4.97. The molecule has 1 aromatic heterocycles. The Morgan fingerprint density at radius 3 is 2.89 bits per heavy atom. The number of rotatable bonds is 3. The van der Waals surface area contributed by atoms with Crippen molar-refractivity contribution in [3.8, 4) is 0 Å². The summed E-state index contributed by atoms with van der Waals surface area (Å²) in [5.74, 6) is -0.129. The van der Waals surface area contributed by atoms with Crippen LogP contribution in [0.25, 0.3) is 11.1 Å². The topological polar surface area (TPSA) is 52.3 Å². The summed E-state index contributed by atoms with van der Waals surface area (Å²) >= 11 is 7.07. The van der Waals surface area contributed by atoms with Gasteiger partial charge in [0.2, 0.25) is 0 Å². The number of benzene rings is 1. The van der Waals surface area contributed by atoms with Gasteiger partial charge in [-0.05, 0) is 39.0 Å². The summed E-state index contributed by atoms with van der Waals surface area (Å²) in [5, 5.41) is 1.03. The molecule has 0 atom stereocenters. The van der Waals surface area contributed by atoms with E-state index in [1.807, 2.05) is 20.8 Å². The SMILES string of the molecule is CC(C)(C)OC(=O)CSc1nc2cc(Cl)ccc2o1. The van der Waals surface area contributed by atoms with Gasteiger partial charge in [-0.25, -0.2) is 4.98 Å². The van der Waals surface area contributed by atoms with E-state index >= 15 is 0 Å². The van der Waals surface area contributed by atoms with Crippen LogP contribution in [0.2, 0.25) is 5.02 Å². The Labute approximate surface area is 120 Å². The first kappa shape index (κ1) is 14.2. The van der Waals surface area contributed by atoms with Gasteiger partial charge >= 0.3 is 5.97 Å². The smallest absolute Gasteiger partial charge is 0.316 e. The molecule has 0 bridgehead atoms. The van der Waals surface area contributed by atoms with E-state index in [1.54, 1.807) is 18.2 Å². The molecule has 1 aromatic carbocycles. The predicted octanol–water partition coefficient (Wildman–Crippen LogP) is 3.92. The molecule has 4 nitrogen and oxygen atoms in total. The molecule has 102 valence electrons. The number of aromatic nitrogens is 1. The standard InChI is InChI=1S/C13H14ClNO3S/c1-13(2,3)18-11(16)7-19-12-15-9-6-8(14)4-5-10(9)17-12/h4-6H,7H2,1-3H3. The molecule has 0 spiro atoms. The molecule has 0 saturated carbocycles. The van der Waals surface area contributed by atoms with Crippen LogP contribution in [0.4, 0.5) is 0 Å². The summed E-state index contributed by atoms with van der Waals surface area (Å²) in [6.07, 6.45) is 0. The minimum Gasteiger partial charge on any atom is -0.459 e. The number of nitrogens with zero attached hydrogens (tertiary/aromatic N) is 1. The molecule has 0 amide bonds. The summed E-state index contributed by atoms with van der Waals surface area (Å²) in [7, 11) is 0. The maximum absolute atomic E-state index is 11.6. The van der Waals surface area contributed by atoms with Gasteiger partial charge in [-0.15, -0.1) is 0 Å². The van der Waals surface area contributed by atoms with Crippen molar-refractivity contribution in [1.29, 1.82) is 0 Å². The quantitative estimate of drug-likeness (QED) is 0.635. The molecule has 0 aliphatic rings. The zero-order chi connectivity index (χ0) is 14.0. The number of hydrogen-bond donors (Lipinski definition) is 0. The number of hydrogen-bond acceptors (Lipinski definition) is 5. The van der Waals surface area contributed by atoms with E-state index < -0.39 is 5.60 Å². The molecule has 0 aliphatic carbocycles. The summed E-state index contributed by atoms with van der Waals surface area (Å²) in [4.78, 5) is 15.8. The lowest BCUT2D eigenvalue weighted by Gasteiger charge is -2.18. The molecule has 0 N–H and O–H groups in total. The Bertz CT molecular complexity index is 603. The first-order valence-corrected chi connectivity index (χ1v) is 7.10. The van der Waals surface area contributed by atoms with Gasteiger partial charge in [-0.1, -0.05) is 23.4 Å². The van der Waals surface area contributed by atoms with Gasteiger partial charge in [0, 0.05) is 5.02 Å². The van der Waals surface area contributed by atoms with Crippen molar-refractivity contribution in [2.24, 2.45) is 0 Å². The third-order valence-electron chi connectivity index (χ3n) is 2.06. The molecule has 19 heavy (non-hydrogen) atoms. The fraction of sp³-hybridized carbons (Fsp3) is 0.385. The lowest BCUT2D eigenvalue weighted by Crippen LogP contribution is -2.24. The molecular formula is C13H14ClNO3S. The zero-order valence-corrected chi connectivity index (χ0v) is 12.5. The second kappa shape index (κ2) is 5.43. The van der Waals surface area contributed by atoms with Crippen LogP contribution in [0.15, 0.2) is 27.8 Å². The van der Waals surface area contributed by atoms with Gasteiger partial charge in [-0.3, -0.25) is 4.79 Å². The van der Waals surface area contributed by atoms with Crippen molar-refractivity contribution >= 4 is 40.4 Å². The Hall–Kier alpha value is -1.20. The van der Waals surface area contributed by atoms with E-state index in [0.717, 1.165) is 0 Å². The number of oxazole rings is 1. The fourth-order valence-electron chi connectivity index (χ4n) is 1.43. The second-order valence-corrected chi connectivity index (χ2v) is 6.33. The van der Waals surface area contributed by atoms with E-state index in [1.165, 1.54) is 11.8 Å². The normalized spacial score (nSPS) is 11.8. The number of carbonyl (C=O) groups excluding carboxylic acids is 1. The Balaban J connectivity index is 2.00. The maximum Gasteiger partial charge on any atom is 0.316 e. The van der Waals surface area contributed by atoms with Gasteiger partial charge in [0.1, 0.15) is 16.9 Å². The molecule has 0 unspecified atom stereocenters. The number of halogens is 1. The molecule has 0 radical (unpaired) electrons. The molecule has 1 heterocycles. The fourth-order valence-corrected chi connectivity index (χ4v) is 2.21. The summed E-state index contributed by atoms with van der Waals surface area (Å²) in [6, 6.07) is 5.21. The van der Waals surface area contributed by atoms with Crippen molar-refractivity contribution in [3.05, 3.63) is 23.2 Å². The van der Waals surface area contributed by atoms with Gasteiger partial charge < -0.3 is 9.15 Å². The number of fused-ring (bicyclic) bond motifs is 1. The third kappa shape index (κ3) is 4.14. The van der Waals surface area contributed by atoms with Crippen molar-refractivity contribution in [2.45, 2.75) is 31.6 Å². The van der Waals surface area contributed by atoms with Gasteiger partial charge in [-0.2, -0.15) is 0 Å². The minimum absolute atomic E-state index is 0.165. The molecule has 2 aromatic rings. The number of esters is 1. The van der Waals surface area contributed by atoms with Gasteiger partial charge in [0.25, 0.3) is 5.22 Å². The first-order valence-electron chi connectivity index (χ1n) is 5.74. The third-order valence-corrected chi connectivity index (χ3v) is 3.10. The minimum atomic E-state index is -0.480. The van der Waals surface area contributed by atoms with Crippen LogP contribution in [-0.2, 0) is 9.53 Å². The Morgan fingerprint density at radius 1 is 1.47 bits per heavy atom. The first-order chi connectivity index (χ1) is 8.83. The van der Waals surface area contributed by atoms with Crippen LogP contribution in [-0.4, -0.2) is 22.3 Å². The number of carbonyl (C=O) groups is 1.